The van der Waals surface area contributed by atoms with Gasteiger partial charge in [-0.1, -0.05) is 41.4 Å². The number of rotatable bonds is 2. The smallest absolute Gasteiger partial charge is 0.249 e. The minimum absolute atomic E-state index is 0.112. The van der Waals surface area contributed by atoms with Crippen molar-refractivity contribution in [2.45, 2.75) is 20.8 Å². The van der Waals surface area contributed by atoms with E-state index in [1.54, 1.807) is 6.92 Å². The van der Waals surface area contributed by atoms with E-state index in [1.807, 2.05) is 70.2 Å². The minimum Gasteiger partial charge on any atom is -0.432 e. The van der Waals surface area contributed by atoms with Crippen molar-refractivity contribution in [3.8, 4) is 40.7 Å². The molecule has 0 radical (unpaired) electrons. The van der Waals surface area contributed by atoms with E-state index in [0.717, 1.165) is 33.0 Å². The number of aryl methyl sites for hydroxylation is 2. The summed E-state index contributed by atoms with van der Waals surface area (Å²) < 4.78 is 12.1. The second kappa shape index (κ2) is 9.44. The third kappa shape index (κ3) is 4.39. The van der Waals surface area contributed by atoms with Gasteiger partial charge in [-0.3, -0.25) is 0 Å². The van der Waals surface area contributed by atoms with Crippen molar-refractivity contribution in [3.05, 3.63) is 69.4 Å². The summed E-state index contributed by atoms with van der Waals surface area (Å²) in [6.45, 7) is 5.62. The average molecular weight is 475 g/mol. The number of hydrogen-bond donors (Lipinski definition) is 0. The summed E-state index contributed by atoms with van der Waals surface area (Å²) in [6.07, 6.45) is 0. The van der Waals surface area contributed by atoms with Crippen LogP contribution in [-0.2, 0) is 0 Å². The molecule has 0 N–H and O–H groups in total. The van der Waals surface area contributed by atoms with Crippen molar-refractivity contribution in [3.63, 3.8) is 0 Å². The molecule has 0 aliphatic carbocycles. The summed E-state index contributed by atoms with van der Waals surface area (Å²) in [4.78, 5) is 9.10. The summed E-state index contributed by atoms with van der Waals surface area (Å²) >= 11 is 0. The van der Waals surface area contributed by atoms with Crippen LogP contribution in [0.2, 0.25) is 0 Å². The lowest BCUT2D eigenvalue weighted by atomic mass is 9.89. The summed E-state index contributed by atoms with van der Waals surface area (Å²) in [7, 11) is 4.67. The Hall–Kier alpha value is -4.44. The third-order valence-corrected chi connectivity index (χ3v) is 6.34. The molecule has 4 aromatic rings. The standard InChI is InChI=1S/C26H19BN5O2P/c1-13-4-6-16(8-19(13)27)21-24(34-26(32-21)18(11-29)12-30)23-22(31-25(33-23)15(3)10-28)17-7-5-14(2)20(35)9-17/h4-9H,27,35H2,1-3H3/b24-23+,25-15-. The Morgan fingerprint density at radius 3 is 1.91 bits per heavy atom. The molecule has 9 heteroatoms. The largest absolute Gasteiger partial charge is 0.432 e. The highest BCUT2D eigenvalue weighted by Gasteiger charge is 2.17. The third-order valence-electron chi connectivity index (χ3n) is 5.72. The number of hydrogen-bond acceptors (Lipinski definition) is 7. The van der Waals surface area contributed by atoms with Gasteiger partial charge in [0.1, 0.15) is 37.4 Å². The molecule has 0 bridgehead atoms. The van der Waals surface area contributed by atoms with Crippen LogP contribution in [0.25, 0.3) is 33.7 Å². The summed E-state index contributed by atoms with van der Waals surface area (Å²) in [5.41, 5.74) is 6.13. The maximum Gasteiger partial charge on any atom is 0.249 e. The van der Waals surface area contributed by atoms with E-state index in [-0.39, 0.29) is 27.5 Å². The number of aromatic nitrogens is 2. The molecule has 2 aromatic carbocycles. The highest BCUT2D eigenvalue weighted by atomic mass is 31.0. The fourth-order valence-corrected chi connectivity index (χ4v) is 3.73. The van der Waals surface area contributed by atoms with Crippen LogP contribution in [-0.4, -0.2) is 17.8 Å². The average Bonchev–Trinajstić information content (AvgIpc) is 3.48. The molecule has 2 heterocycles. The first-order chi connectivity index (χ1) is 16.8. The Labute approximate surface area is 204 Å². The Morgan fingerprint density at radius 2 is 1.37 bits per heavy atom. The van der Waals surface area contributed by atoms with Gasteiger partial charge in [0.2, 0.25) is 21.9 Å². The van der Waals surface area contributed by atoms with Crippen molar-refractivity contribution >= 4 is 39.0 Å². The zero-order chi connectivity index (χ0) is 25.3. The van der Waals surface area contributed by atoms with Gasteiger partial charge in [-0.15, -0.1) is 9.24 Å². The molecule has 4 rings (SSSR count). The second-order valence-corrected chi connectivity index (χ2v) is 8.72. The lowest BCUT2D eigenvalue weighted by Gasteiger charge is -2.03. The molecular formula is C26H19BN5O2P. The number of oxazole rings is 2. The van der Waals surface area contributed by atoms with Gasteiger partial charge in [-0.05, 0) is 37.7 Å². The van der Waals surface area contributed by atoms with Gasteiger partial charge in [0.25, 0.3) is 0 Å². The Bertz CT molecular complexity index is 1830. The summed E-state index contributed by atoms with van der Waals surface area (Å²) in [6, 6.07) is 17.3. The number of nitrogens with zero attached hydrogens (tertiary/aromatic N) is 5. The van der Waals surface area contributed by atoms with Gasteiger partial charge in [0, 0.05) is 11.1 Å². The molecule has 1 atom stereocenters. The zero-order valence-corrected chi connectivity index (χ0v) is 20.7. The van der Waals surface area contributed by atoms with Crippen molar-refractivity contribution in [2.24, 2.45) is 0 Å². The maximum absolute atomic E-state index is 9.44. The van der Waals surface area contributed by atoms with E-state index in [4.69, 9.17) is 8.83 Å². The lowest BCUT2D eigenvalue weighted by Crippen LogP contribution is -2.07. The fraction of sp³-hybridized carbons (Fsp3) is 0.115. The van der Waals surface area contributed by atoms with E-state index in [1.165, 1.54) is 0 Å². The zero-order valence-electron chi connectivity index (χ0n) is 19.6. The van der Waals surface area contributed by atoms with Crippen molar-refractivity contribution in [1.82, 2.24) is 9.97 Å². The van der Waals surface area contributed by atoms with Crippen molar-refractivity contribution in [1.29, 1.82) is 15.8 Å². The van der Waals surface area contributed by atoms with Gasteiger partial charge >= 0.3 is 0 Å². The van der Waals surface area contributed by atoms with Crippen LogP contribution in [0.4, 0.5) is 0 Å². The van der Waals surface area contributed by atoms with Gasteiger partial charge in [-0.2, -0.15) is 15.8 Å². The summed E-state index contributed by atoms with van der Waals surface area (Å²) in [5.74, 6) is 0. The van der Waals surface area contributed by atoms with Gasteiger partial charge in [0.15, 0.2) is 5.57 Å². The maximum atomic E-state index is 9.44. The molecule has 0 saturated carbocycles. The predicted molar refractivity (Wildman–Crippen MR) is 137 cm³/mol. The van der Waals surface area contributed by atoms with Crippen LogP contribution in [0, 0.1) is 58.7 Å². The van der Waals surface area contributed by atoms with Crippen LogP contribution in [0.5, 0.6) is 0 Å². The quantitative estimate of drug-likeness (QED) is 0.318. The first-order valence-corrected chi connectivity index (χ1v) is 11.2. The van der Waals surface area contributed by atoms with E-state index >= 15 is 0 Å². The molecule has 0 spiro atoms. The minimum atomic E-state index is -0.259. The normalized spacial score (nSPS) is 12.4. The van der Waals surface area contributed by atoms with Gasteiger partial charge < -0.3 is 8.83 Å². The molecule has 168 valence electrons. The van der Waals surface area contributed by atoms with Crippen LogP contribution in [0.3, 0.4) is 0 Å². The van der Waals surface area contributed by atoms with Gasteiger partial charge in [-0.25, -0.2) is 9.97 Å². The van der Waals surface area contributed by atoms with Crippen LogP contribution in [0.1, 0.15) is 18.1 Å². The van der Waals surface area contributed by atoms with E-state index in [2.05, 4.69) is 25.3 Å². The SMILES string of the molecule is Bc1cc(-c2nc(=C(C#N)C#N)o/c2=c2/o/c(=C(/C)C#N)nc2-c2ccc(C)c(P)c2)ccc1C. The fourth-order valence-electron chi connectivity index (χ4n) is 3.45. The molecule has 35 heavy (non-hydrogen) atoms. The molecular weight excluding hydrogens is 456 g/mol. The topological polar surface area (TPSA) is 123 Å². The van der Waals surface area contributed by atoms with Crippen molar-refractivity contribution < 1.29 is 8.83 Å². The van der Waals surface area contributed by atoms with E-state index < -0.39 is 0 Å². The number of nitriles is 3. The number of benzene rings is 2. The van der Waals surface area contributed by atoms with Crippen LogP contribution >= 0.6 is 9.24 Å². The molecule has 2 aromatic heterocycles. The molecule has 0 amide bonds. The first kappa shape index (κ1) is 23.7. The molecule has 0 fully saturated rings. The summed E-state index contributed by atoms with van der Waals surface area (Å²) in [5, 5.41) is 29.2. The molecule has 1 unspecified atom stereocenters. The van der Waals surface area contributed by atoms with Crippen LogP contribution in [0.15, 0.2) is 45.2 Å². The molecule has 0 saturated heterocycles. The molecule has 7 nitrogen and oxygen atoms in total. The predicted octanol–water partition coefficient (Wildman–Crippen LogP) is 1.55. The Kier molecular flexibility index (Phi) is 6.39. The highest BCUT2D eigenvalue weighted by Crippen LogP contribution is 2.23. The van der Waals surface area contributed by atoms with E-state index in [9.17, 15) is 15.8 Å². The Morgan fingerprint density at radius 1 is 0.829 bits per heavy atom. The molecule has 0 aliphatic rings. The monoisotopic (exact) mass is 475 g/mol. The van der Waals surface area contributed by atoms with Crippen LogP contribution < -0.4 is 21.9 Å². The second-order valence-electron chi connectivity index (χ2n) is 8.10. The first-order valence-electron chi connectivity index (χ1n) is 10.6. The Balaban J connectivity index is 2.28. The van der Waals surface area contributed by atoms with Crippen molar-refractivity contribution in [2.75, 3.05) is 0 Å². The lowest BCUT2D eigenvalue weighted by molar-refractivity contribution is 0.440. The highest BCUT2D eigenvalue weighted by molar-refractivity contribution is 7.27. The molecule has 0 aliphatic heterocycles. The van der Waals surface area contributed by atoms with E-state index in [0.29, 0.717) is 17.0 Å². The van der Waals surface area contributed by atoms with Gasteiger partial charge in [0.05, 0.1) is 5.57 Å².